The highest BCUT2D eigenvalue weighted by molar-refractivity contribution is 4.91. The van der Waals surface area contributed by atoms with Crippen LogP contribution in [0.15, 0.2) is 0 Å². The summed E-state index contributed by atoms with van der Waals surface area (Å²) in [4.78, 5) is 5.05. The average molecular weight is 252 g/mol. The molecule has 0 aromatic heterocycles. The lowest BCUT2D eigenvalue weighted by Crippen LogP contribution is -2.44. The molecule has 2 aliphatic heterocycles. The van der Waals surface area contributed by atoms with Crippen LogP contribution in [0.5, 0.6) is 0 Å². The number of morpholine rings is 1. The third-order valence-electron chi connectivity index (χ3n) is 4.05. The van der Waals surface area contributed by atoms with Crippen LogP contribution in [0.2, 0.25) is 0 Å². The molecule has 2 atom stereocenters. The van der Waals surface area contributed by atoms with Crippen molar-refractivity contribution in [1.29, 1.82) is 5.26 Å². The van der Waals surface area contributed by atoms with Crippen molar-refractivity contribution in [3.63, 3.8) is 0 Å². The summed E-state index contributed by atoms with van der Waals surface area (Å²) in [5.41, 5.74) is 0. The molecule has 2 fully saturated rings. The molecule has 0 saturated carbocycles. The van der Waals surface area contributed by atoms with Gasteiger partial charge in [-0.05, 0) is 26.4 Å². The second-order valence-corrected chi connectivity index (χ2v) is 5.15. The van der Waals surface area contributed by atoms with Crippen LogP contribution in [0.4, 0.5) is 0 Å². The Bertz CT molecular complexity index is 285. The van der Waals surface area contributed by atoms with E-state index in [0.29, 0.717) is 6.04 Å². The van der Waals surface area contributed by atoms with Crippen molar-refractivity contribution < 1.29 is 4.74 Å². The van der Waals surface area contributed by atoms with Crippen LogP contribution in [-0.2, 0) is 4.74 Å². The maximum absolute atomic E-state index is 8.90. The van der Waals surface area contributed by atoms with E-state index in [2.05, 4.69) is 21.2 Å². The van der Waals surface area contributed by atoms with Gasteiger partial charge in [-0.25, -0.2) is 0 Å². The topological polar surface area (TPSA) is 51.5 Å². The van der Waals surface area contributed by atoms with Crippen molar-refractivity contribution >= 4 is 0 Å². The molecule has 2 aliphatic rings. The molecule has 0 amide bonds. The normalized spacial score (nSPS) is 28.1. The van der Waals surface area contributed by atoms with E-state index in [1.165, 1.54) is 13.0 Å². The van der Waals surface area contributed by atoms with Gasteiger partial charge in [0.2, 0.25) is 0 Å². The number of nitrogens with zero attached hydrogens (tertiary/aromatic N) is 3. The number of hydrogen-bond acceptors (Lipinski definition) is 5. The SMILES string of the molecule is CNC(C#N)CCN1CCC(N2CCOCC2)C1. The first kappa shape index (κ1) is 13.8. The van der Waals surface area contributed by atoms with Crippen LogP contribution in [0.1, 0.15) is 12.8 Å². The molecule has 0 aliphatic carbocycles. The third-order valence-corrected chi connectivity index (χ3v) is 4.05. The lowest BCUT2D eigenvalue weighted by atomic mass is 10.2. The van der Waals surface area contributed by atoms with Gasteiger partial charge < -0.3 is 15.0 Å². The van der Waals surface area contributed by atoms with Crippen LogP contribution in [-0.4, -0.2) is 74.9 Å². The Morgan fingerprint density at radius 3 is 2.83 bits per heavy atom. The van der Waals surface area contributed by atoms with E-state index in [4.69, 9.17) is 10.00 Å². The van der Waals surface area contributed by atoms with Gasteiger partial charge in [-0.1, -0.05) is 0 Å². The molecule has 2 heterocycles. The van der Waals surface area contributed by atoms with Crippen molar-refractivity contribution in [2.24, 2.45) is 0 Å². The maximum Gasteiger partial charge on any atom is 0.0962 e. The second kappa shape index (κ2) is 7.05. The monoisotopic (exact) mass is 252 g/mol. The number of ether oxygens (including phenoxy) is 1. The Balaban J connectivity index is 1.69. The van der Waals surface area contributed by atoms with Crippen molar-refractivity contribution in [2.45, 2.75) is 24.9 Å². The number of nitrogens with one attached hydrogen (secondary N) is 1. The molecule has 102 valence electrons. The summed E-state index contributed by atoms with van der Waals surface area (Å²) in [6, 6.07) is 2.98. The summed E-state index contributed by atoms with van der Waals surface area (Å²) in [7, 11) is 1.86. The molecule has 5 nitrogen and oxygen atoms in total. The second-order valence-electron chi connectivity index (χ2n) is 5.15. The largest absolute Gasteiger partial charge is 0.379 e. The minimum absolute atomic E-state index is 0.00700. The first-order valence-electron chi connectivity index (χ1n) is 6.94. The quantitative estimate of drug-likeness (QED) is 0.740. The molecule has 0 aromatic rings. The van der Waals surface area contributed by atoms with Crippen molar-refractivity contribution in [3.8, 4) is 6.07 Å². The summed E-state index contributed by atoms with van der Waals surface area (Å²) < 4.78 is 5.39. The van der Waals surface area contributed by atoms with Gasteiger partial charge in [0.1, 0.15) is 0 Å². The van der Waals surface area contributed by atoms with Crippen LogP contribution >= 0.6 is 0 Å². The first-order chi connectivity index (χ1) is 8.83. The van der Waals surface area contributed by atoms with Crippen molar-refractivity contribution in [1.82, 2.24) is 15.1 Å². The average Bonchev–Trinajstić information content (AvgIpc) is 2.90. The summed E-state index contributed by atoms with van der Waals surface area (Å²) in [5, 5.41) is 11.9. The Morgan fingerprint density at radius 2 is 2.17 bits per heavy atom. The summed E-state index contributed by atoms with van der Waals surface area (Å²) in [6.45, 7) is 7.27. The van der Waals surface area contributed by atoms with Gasteiger partial charge in [0.05, 0.1) is 25.3 Å². The van der Waals surface area contributed by atoms with E-state index in [0.717, 1.165) is 45.8 Å². The highest BCUT2D eigenvalue weighted by atomic mass is 16.5. The van der Waals surface area contributed by atoms with E-state index < -0.39 is 0 Å². The van der Waals surface area contributed by atoms with E-state index in [1.54, 1.807) is 0 Å². The van der Waals surface area contributed by atoms with E-state index in [-0.39, 0.29) is 6.04 Å². The molecule has 0 bridgehead atoms. The predicted molar refractivity (Wildman–Crippen MR) is 70.3 cm³/mol. The molecule has 2 unspecified atom stereocenters. The molecule has 5 heteroatoms. The Morgan fingerprint density at radius 1 is 1.39 bits per heavy atom. The molecule has 1 N–H and O–H groups in total. The third kappa shape index (κ3) is 3.66. The Kier molecular flexibility index (Phi) is 5.39. The fourth-order valence-electron chi connectivity index (χ4n) is 2.84. The highest BCUT2D eigenvalue weighted by Crippen LogP contribution is 2.17. The van der Waals surface area contributed by atoms with Crippen molar-refractivity contribution in [3.05, 3.63) is 0 Å². The van der Waals surface area contributed by atoms with E-state index >= 15 is 0 Å². The van der Waals surface area contributed by atoms with Crippen LogP contribution in [0.25, 0.3) is 0 Å². The molecule has 0 radical (unpaired) electrons. The van der Waals surface area contributed by atoms with Crippen LogP contribution in [0, 0.1) is 11.3 Å². The number of likely N-dealkylation sites (tertiary alicyclic amines) is 1. The standard InChI is InChI=1S/C13H24N4O/c1-15-12(10-14)2-4-16-5-3-13(11-16)17-6-8-18-9-7-17/h12-13,15H,2-9,11H2,1H3. The zero-order chi connectivity index (χ0) is 12.8. The molecule has 0 aromatic carbocycles. The summed E-state index contributed by atoms with van der Waals surface area (Å²) in [5.74, 6) is 0. The van der Waals surface area contributed by atoms with Gasteiger partial charge >= 0.3 is 0 Å². The van der Waals surface area contributed by atoms with Crippen LogP contribution in [0.3, 0.4) is 0 Å². The molecule has 0 spiro atoms. The van der Waals surface area contributed by atoms with Gasteiger partial charge in [-0.2, -0.15) is 5.26 Å². The predicted octanol–water partition coefficient (Wildman–Crippen LogP) is -0.105. The number of nitriles is 1. The van der Waals surface area contributed by atoms with Gasteiger partial charge in [0, 0.05) is 32.2 Å². The number of rotatable bonds is 5. The first-order valence-corrected chi connectivity index (χ1v) is 6.94. The van der Waals surface area contributed by atoms with Gasteiger partial charge in [0.15, 0.2) is 0 Å². The van der Waals surface area contributed by atoms with Gasteiger partial charge in [0.25, 0.3) is 0 Å². The zero-order valence-corrected chi connectivity index (χ0v) is 11.3. The van der Waals surface area contributed by atoms with Gasteiger partial charge in [-0.15, -0.1) is 0 Å². The summed E-state index contributed by atoms with van der Waals surface area (Å²) >= 11 is 0. The molecule has 2 saturated heterocycles. The minimum atomic E-state index is -0.00700. The lowest BCUT2D eigenvalue weighted by molar-refractivity contribution is 0.0185. The summed E-state index contributed by atoms with van der Waals surface area (Å²) in [6.07, 6.45) is 2.18. The molecule has 2 rings (SSSR count). The molecular formula is C13H24N4O. The van der Waals surface area contributed by atoms with Crippen molar-refractivity contribution in [2.75, 3.05) is 53.0 Å². The Labute approximate surface area is 110 Å². The fraction of sp³-hybridized carbons (Fsp3) is 0.923. The number of hydrogen-bond donors (Lipinski definition) is 1. The van der Waals surface area contributed by atoms with E-state index in [1.807, 2.05) is 7.05 Å². The fourth-order valence-corrected chi connectivity index (χ4v) is 2.84. The van der Waals surface area contributed by atoms with Gasteiger partial charge in [-0.3, -0.25) is 4.90 Å². The molecular weight excluding hydrogens is 228 g/mol. The maximum atomic E-state index is 8.90. The van der Waals surface area contributed by atoms with E-state index in [9.17, 15) is 0 Å². The zero-order valence-electron chi connectivity index (χ0n) is 11.3. The minimum Gasteiger partial charge on any atom is -0.379 e. The van der Waals surface area contributed by atoms with Crippen LogP contribution < -0.4 is 5.32 Å². The Hall–Kier alpha value is -0.670. The highest BCUT2D eigenvalue weighted by Gasteiger charge is 2.28. The molecule has 18 heavy (non-hydrogen) atoms. The lowest BCUT2D eigenvalue weighted by Gasteiger charge is -2.32. The smallest absolute Gasteiger partial charge is 0.0962 e.